The third-order valence-electron chi connectivity index (χ3n) is 3.96. The van der Waals surface area contributed by atoms with Gasteiger partial charge in [-0.2, -0.15) is 0 Å². The maximum atomic E-state index is 11.5. The predicted octanol–water partition coefficient (Wildman–Crippen LogP) is 0.716. The van der Waals surface area contributed by atoms with Crippen LogP contribution in [0.1, 0.15) is 27.7 Å². The van der Waals surface area contributed by atoms with E-state index >= 15 is 0 Å². The Morgan fingerprint density at radius 3 is 2.14 bits per heavy atom. The van der Waals surface area contributed by atoms with Crippen molar-refractivity contribution < 1.29 is 19.6 Å². The molecule has 122 valence electrons. The maximum absolute atomic E-state index is 11.5. The SMILES string of the molecule is CNC(=O)N(C)c1ccc(B(O)OC(C)(C)C(C)(C)O)cc1. The van der Waals surface area contributed by atoms with Crippen molar-refractivity contribution in [3.63, 3.8) is 0 Å². The predicted molar refractivity (Wildman–Crippen MR) is 88.4 cm³/mol. The van der Waals surface area contributed by atoms with E-state index in [0.29, 0.717) is 11.2 Å². The second kappa shape index (κ2) is 6.68. The van der Waals surface area contributed by atoms with E-state index in [2.05, 4.69) is 5.32 Å². The van der Waals surface area contributed by atoms with E-state index in [-0.39, 0.29) is 6.03 Å². The molecule has 0 aliphatic heterocycles. The highest BCUT2D eigenvalue weighted by molar-refractivity contribution is 6.60. The van der Waals surface area contributed by atoms with Gasteiger partial charge in [0.1, 0.15) is 0 Å². The minimum Gasteiger partial charge on any atom is -0.423 e. The second-order valence-electron chi connectivity index (χ2n) is 6.25. The minimum atomic E-state index is -1.17. The molecule has 0 bridgehead atoms. The highest BCUT2D eigenvalue weighted by atomic mass is 16.5. The Hall–Kier alpha value is -1.57. The lowest BCUT2D eigenvalue weighted by Gasteiger charge is -2.38. The van der Waals surface area contributed by atoms with Crippen LogP contribution in [0.4, 0.5) is 10.5 Å². The molecule has 0 radical (unpaired) electrons. The Morgan fingerprint density at radius 1 is 1.23 bits per heavy atom. The van der Waals surface area contributed by atoms with E-state index in [1.54, 1.807) is 66.1 Å². The van der Waals surface area contributed by atoms with E-state index in [9.17, 15) is 14.9 Å². The van der Waals surface area contributed by atoms with Gasteiger partial charge < -0.3 is 20.1 Å². The molecular formula is C15H25BN2O4. The van der Waals surface area contributed by atoms with Crippen LogP contribution in [0.2, 0.25) is 0 Å². The summed E-state index contributed by atoms with van der Waals surface area (Å²) in [6.07, 6.45) is 0. The first kappa shape index (κ1) is 18.5. The van der Waals surface area contributed by atoms with E-state index in [1.807, 2.05) is 0 Å². The smallest absolute Gasteiger partial charge is 0.423 e. The summed E-state index contributed by atoms with van der Waals surface area (Å²) in [7, 11) is 2.04. The highest BCUT2D eigenvalue weighted by Crippen LogP contribution is 2.25. The lowest BCUT2D eigenvalue weighted by Crippen LogP contribution is -2.53. The molecule has 0 atom stereocenters. The summed E-state index contributed by atoms with van der Waals surface area (Å²) in [6, 6.07) is 6.56. The van der Waals surface area contributed by atoms with Gasteiger partial charge in [0.25, 0.3) is 0 Å². The Labute approximate surface area is 132 Å². The van der Waals surface area contributed by atoms with Gasteiger partial charge in [0.05, 0.1) is 11.2 Å². The maximum Gasteiger partial charge on any atom is 0.491 e. The molecule has 22 heavy (non-hydrogen) atoms. The topological polar surface area (TPSA) is 82.0 Å². The molecule has 0 spiro atoms. The summed E-state index contributed by atoms with van der Waals surface area (Å²) in [5.41, 5.74) is -0.791. The molecule has 0 saturated heterocycles. The van der Waals surface area contributed by atoms with Crippen LogP contribution >= 0.6 is 0 Å². The highest BCUT2D eigenvalue weighted by Gasteiger charge is 2.39. The number of hydrogen-bond donors (Lipinski definition) is 3. The summed E-state index contributed by atoms with van der Waals surface area (Å²) < 4.78 is 5.57. The Bertz CT molecular complexity index is 511. The number of benzene rings is 1. The fourth-order valence-corrected chi connectivity index (χ4v) is 1.64. The first-order valence-corrected chi connectivity index (χ1v) is 7.13. The van der Waals surface area contributed by atoms with Gasteiger partial charge in [0.2, 0.25) is 0 Å². The van der Waals surface area contributed by atoms with Gasteiger partial charge in [-0.25, -0.2) is 4.79 Å². The number of carbonyl (C=O) groups is 1. The number of nitrogens with zero attached hydrogens (tertiary/aromatic N) is 1. The zero-order valence-electron chi connectivity index (χ0n) is 14.0. The molecule has 0 unspecified atom stereocenters. The Kier molecular flexibility index (Phi) is 5.62. The molecule has 1 aromatic rings. The number of amides is 2. The van der Waals surface area contributed by atoms with Crippen LogP contribution in [0.15, 0.2) is 24.3 Å². The molecular weight excluding hydrogens is 283 g/mol. The number of carbonyl (C=O) groups excluding carboxylic acids is 1. The standard InChI is InChI=1S/C15H25BN2O4/c1-14(2,20)15(3,4)22-16(21)11-7-9-12(10-8-11)18(6)13(19)17-5/h7-10,20-21H,1-6H3,(H,17,19). The minimum absolute atomic E-state index is 0.229. The Morgan fingerprint density at radius 2 is 1.73 bits per heavy atom. The molecule has 2 amide bonds. The van der Waals surface area contributed by atoms with Crippen molar-refractivity contribution in [1.29, 1.82) is 0 Å². The van der Waals surface area contributed by atoms with Crippen LogP contribution in [0.25, 0.3) is 0 Å². The normalized spacial score (nSPS) is 12.0. The lowest BCUT2D eigenvalue weighted by atomic mass is 9.76. The molecule has 1 aromatic carbocycles. The first-order valence-electron chi connectivity index (χ1n) is 7.13. The molecule has 3 N–H and O–H groups in total. The zero-order chi connectivity index (χ0) is 17.1. The molecule has 0 aliphatic carbocycles. The van der Waals surface area contributed by atoms with Gasteiger partial charge in [0.15, 0.2) is 0 Å². The average Bonchev–Trinajstić information content (AvgIpc) is 2.44. The number of rotatable bonds is 5. The van der Waals surface area contributed by atoms with Crippen LogP contribution in [-0.2, 0) is 4.65 Å². The van der Waals surface area contributed by atoms with Crippen LogP contribution in [0.5, 0.6) is 0 Å². The van der Waals surface area contributed by atoms with Crippen LogP contribution in [-0.4, -0.2) is 48.6 Å². The summed E-state index contributed by atoms with van der Waals surface area (Å²) in [5, 5.41) is 22.8. The van der Waals surface area contributed by atoms with Gasteiger partial charge in [0, 0.05) is 19.8 Å². The third-order valence-corrected chi connectivity index (χ3v) is 3.96. The van der Waals surface area contributed by atoms with E-state index in [1.165, 1.54) is 4.90 Å². The van der Waals surface area contributed by atoms with Crippen molar-refractivity contribution in [2.75, 3.05) is 19.0 Å². The van der Waals surface area contributed by atoms with Gasteiger partial charge >= 0.3 is 13.1 Å². The number of anilines is 1. The van der Waals surface area contributed by atoms with Crippen LogP contribution < -0.4 is 15.7 Å². The molecule has 6 nitrogen and oxygen atoms in total. The average molecular weight is 308 g/mol. The summed E-state index contributed by atoms with van der Waals surface area (Å²) in [5.74, 6) is 0. The van der Waals surface area contributed by atoms with Crippen molar-refractivity contribution in [2.45, 2.75) is 38.9 Å². The summed E-state index contributed by atoms with van der Waals surface area (Å²) in [6.45, 7) is 6.68. The van der Waals surface area contributed by atoms with E-state index in [4.69, 9.17) is 4.65 Å². The quantitative estimate of drug-likeness (QED) is 0.700. The van der Waals surface area contributed by atoms with Gasteiger partial charge in [-0.3, -0.25) is 4.90 Å². The fraction of sp³-hybridized carbons (Fsp3) is 0.533. The first-order chi connectivity index (χ1) is 9.99. The van der Waals surface area contributed by atoms with Gasteiger partial charge in [-0.05, 0) is 45.3 Å². The zero-order valence-corrected chi connectivity index (χ0v) is 14.0. The molecule has 7 heteroatoms. The number of nitrogens with one attached hydrogen (secondary N) is 1. The van der Waals surface area contributed by atoms with Crippen molar-refractivity contribution in [3.8, 4) is 0 Å². The van der Waals surface area contributed by atoms with Crippen molar-refractivity contribution >= 4 is 24.3 Å². The molecule has 0 saturated carbocycles. The van der Waals surface area contributed by atoms with Crippen LogP contribution in [0.3, 0.4) is 0 Å². The van der Waals surface area contributed by atoms with Crippen molar-refractivity contribution in [1.82, 2.24) is 5.32 Å². The molecule has 1 rings (SSSR count). The molecule has 0 aliphatic rings. The molecule has 0 heterocycles. The largest absolute Gasteiger partial charge is 0.491 e. The Balaban J connectivity index is 2.85. The number of hydrogen-bond acceptors (Lipinski definition) is 4. The second-order valence-corrected chi connectivity index (χ2v) is 6.25. The monoisotopic (exact) mass is 308 g/mol. The van der Waals surface area contributed by atoms with Crippen molar-refractivity contribution in [3.05, 3.63) is 24.3 Å². The van der Waals surface area contributed by atoms with Crippen molar-refractivity contribution in [2.24, 2.45) is 0 Å². The molecule has 0 aromatic heterocycles. The number of urea groups is 1. The molecule has 0 fully saturated rings. The third kappa shape index (κ3) is 4.22. The van der Waals surface area contributed by atoms with E-state index < -0.39 is 18.3 Å². The van der Waals surface area contributed by atoms with E-state index in [0.717, 1.165) is 0 Å². The summed E-state index contributed by atoms with van der Waals surface area (Å²) >= 11 is 0. The number of aliphatic hydroxyl groups is 1. The fourth-order valence-electron chi connectivity index (χ4n) is 1.64. The van der Waals surface area contributed by atoms with Gasteiger partial charge in [-0.15, -0.1) is 0 Å². The van der Waals surface area contributed by atoms with Gasteiger partial charge in [-0.1, -0.05) is 12.1 Å². The lowest BCUT2D eigenvalue weighted by molar-refractivity contribution is -0.0982. The summed E-state index contributed by atoms with van der Waals surface area (Å²) in [4.78, 5) is 13.0. The van der Waals surface area contributed by atoms with Crippen LogP contribution in [0, 0.1) is 0 Å².